The van der Waals surface area contributed by atoms with Crippen LogP contribution in [0.1, 0.15) is 97.3 Å². The molecule has 8 heteroatoms. The first-order valence-electron chi connectivity index (χ1n) is 9.08. The Bertz CT molecular complexity index is 303. The molecule has 1 atom stereocenters. The van der Waals surface area contributed by atoms with Crippen LogP contribution in [0.3, 0.4) is 0 Å². The van der Waals surface area contributed by atoms with E-state index in [1.807, 2.05) is 0 Å². The number of hydrogen-bond acceptors (Lipinski definition) is 5. The maximum Gasteiger partial charge on any atom is 1.00 e. The maximum atomic E-state index is 8.69. The topological polar surface area (TPSA) is 100 Å². The summed E-state index contributed by atoms with van der Waals surface area (Å²) in [6.07, 6.45) is 17.7. The molecule has 0 aliphatic rings. The second kappa shape index (κ2) is 25.8. The predicted molar refractivity (Wildman–Crippen MR) is 92.4 cm³/mol. The Morgan fingerprint density at radius 1 is 0.760 bits per heavy atom. The molecule has 0 amide bonds. The maximum absolute atomic E-state index is 8.69. The van der Waals surface area contributed by atoms with Gasteiger partial charge in [-0.15, -0.1) is 0 Å². The molecule has 0 fully saturated rings. The zero-order valence-corrected chi connectivity index (χ0v) is 21.8. The van der Waals surface area contributed by atoms with E-state index < -0.39 is 10.4 Å². The van der Waals surface area contributed by atoms with Gasteiger partial charge in [0, 0.05) is 17.0 Å². The van der Waals surface area contributed by atoms with Gasteiger partial charge in [0.05, 0.1) is 0 Å². The summed E-state index contributed by atoms with van der Waals surface area (Å²) < 4.78 is 34.1. The van der Waals surface area contributed by atoms with Gasteiger partial charge in [-0.2, -0.15) is 0 Å². The average Bonchev–Trinajstić information content (AvgIpc) is 2.44. The first-order valence-corrected chi connectivity index (χ1v) is 10.4. The van der Waals surface area contributed by atoms with Crippen molar-refractivity contribution in [3.05, 3.63) is 0 Å². The minimum atomic E-state index is -5.17. The van der Waals surface area contributed by atoms with Crippen molar-refractivity contribution in [2.75, 3.05) is 6.61 Å². The molecule has 5 nitrogen and oxygen atoms in total. The van der Waals surface area contributed by atoms with Gasteiger partial charge in [0.1, 0.15) is 0 Å². The van der Waals surface area contributed by atoms with Crippen molar-refractivity contribution < 1.29 is 81.7 Å². The predicted octanol–water partition coefficient (Wildman–Crippen LogP) is -1.62. The van der Waals surface area contributed by atoms with Crippen LogP contribution in [0.15, 0.2) is 0 Å². The Hall–Kier alpha value is 1.83. The molecule has 0 aromatic heterocycles. The van der Waals surface area contributed by atoms with Gasteiger partial charge in [-0.05, 0) is 12.3 Å². The standard InChI is InChI=1S/C17H36O.2Na.H2O4S/c1-3-4-5-6-8-11-14-17(2)15-12-9-7-10-13-16-18;;;1-5(2,3)4/h17-18H,3-16H2,1-2H3;;;(H2,1,2,3,4)/q;2*+1;/p-2. The first kappa shape index (κ1) is 34.3. The van der Waals surface area contributed by atoms with Gasteiger partial charge in [-0.1, -0.05) is 90.9 Å². The van der Waals surface area contributed by atoms with Gasteiger partial charge in [-0.25, -0.2) is 0 Å². The fraction of sp³-hybridized carbons (Fsp3) is 1.00. The van der Waals surface area contributed by atoms with Crippen LogP contribution in [0.2, 0.25) is 0 Å². The van der Waals surface area contributed by atoms with Crippen molar-refractivity contribution in [3.63, 3.8) is 0 Å². The molecular formula is C17H36Na2O5S. The summed E-state index contributed by atoms with van der Waals surface area (Å²) in [4.78, 5) is 0. The van der Waals surface area contributed by atoms with Crippen LogP contribution in [0, 0.1) is 5.92 Å². The molecule has 0 saturated carbocycles. The van der Waals surface area contributed by atoms with E-state index in [2.05, 4.69) is 13.8 Å². The van der Waals surface area contributed by atoms with Gasteiger partial charge in [0.15, 0.2) is 0 Å². The van der Waals surface area contributed by atoms with E-state index in [0.29, 0.717) is 6.61 Å². The molecule has 0 aromatic rings. The Labute approximate surface area is 200 Å². The quantitative estimate of drug-likeness (QED) is 0.164. The van der Waals surface area contributed by atoms with Gasteiger partial charge in [-0.3, -0.25) is 8.42 Å². The van der Waals surface area contributed by atoms with Crippen LogP contribution < -0.4 is 59.1 Å². The number of rotatable bonds is 14. The zero-order valence-electron chi connectivity index (χ0n) is 17.0. The van der Waals surface area contributed by atoms with Crippen LogP contribution in [-0.2, 0) is 10.4 Å². The molecule has 0 saturated heterocycles. The molecule has 142 valence electrons. The summed E-state index contributed by atoms with van der Waals surface area (Å²) in [7, 11) is -5.17. The van der Waals surface area contributed by atoms with Crippen molar-refractivity contribution in [2.45, 2.75) is 97.3 Å². The molecule has 0 aromatic carbocycles. The molecule has 0 heterocycles. The van der Waals surface area contributed by atoms with Crippen molar-refractivity contribution in [1.29, 1.82) is 0 Å². The Morgan fingerprint density at radius 3 is 1.44 bits per heavy atom. The molecule has 0 radical (unpaired) electrons. The van der Waals surface area contributed by atoms with Crippen LogP contribution in [0.4, 0.5) is 0 Å². The molecule has 0 aliphatic heterocycles. The van der Waals surface area contributed by atoms with Crippen LogP contribution in [-0.4, -0.2) is 29.2 Å². The normalized spacial score (nSPS) is 11.6. The second-order valence-electron chi connectivity index (χ2n) is 6.35. The molecule has 0 rings (SSSR count). The molecule has 1 N–H and O–H groups in total. The van der Waals surface area contributed by atoms with E-state index in [-0.39, 0.29) is 59.1 Å². The Balaban J connectivity index is -0.000000276. The molecule has 1 unspecified atom stereocenters. The molecule has 0 aliphatic carbocycles. The van der Waals surface area contributed by atoms with Crippen LogP contribution >= 0.6 is 0 Å². The largest absolute Gasteiger partial charge is 1.00 e. The van der Waals surface area contributed by atoms with E-state index in [1.54, 1.807) is 0 Å². The van der Waals surface area contributed by atoms with Crippen LogP contribution in [0.5, 0.6) is 0 Å². The van der Waals surface area contributed by atoms with Crippen LogP contribution in [0.25, 0.3) is 0 Å². The smallest absolute Gasteiger partial charge is 0.759 e. The van der Waals surface area contributed by atoms with Crippen molar-refractivity contribution in [2.24, 2.45) is 5.92 Å². The van der Waals surface area contributed by atoms with E-state index in [4.69, 9.17) is 22.6 Å². The van der Waals surface area contributed by atoms with E-state index in [9.17, 15) is 0 Å². The first-order chi connectivity index (χ1) is 10.8. The summed E-state index contributed by atoms with van der Waals surface area (Å²) in [6, 6.07) is 0. The fourth-order valence-corrected chi connectivity index (χ4v) is 2.55. The third-order valence-electron chi connectivity index (χ3n) is 3.91. The van der Waals surface area contributed by atoms with Gasteiger partial charge in [0.2, 0.25) is 0 Å². The average molecular weight is 399 g/mol. The zero-order chi connectivity index (χ0) is 18.0. The Morgan fingerprint density at radius 2 is 1.08 bits per heavy atom. The van der Waals surface area contributed by atoms with Gasteiger partial charge in [0.25, 0.3) is 0 Å². The van der Waals surface area contributed by atoms with Crippen molar-refractivity contribution in [1.82, 2.24) is 0 Å². The molecule has 0 bridgehead atoms. The molecular weight excluding hydrogens is 362 g/mol. The number of aliphatic hydroxyl groups excluding tert-OH is 1. The SMILES string of the molecule is CCCCCCCCC(C)CCCCCCCO.O=S(=O)([O-])[O-].[Na+].[Na+]. The van der Waals surface area contributed by atoms with Crippen molar-refractivity contribution >= 4 is 10.4 Å². The number of aliphatic hydroxyl groups is 1. The van der Waals surface area contributed by atoms with Crippen molar-refractivity contribution in [3.8, 4) is 0 Å². The fourth-order valence-electron chi connectivity index (χ4n) is 2.55. The summed E-state index contributed by atoms with van der Waals surface area (Å²) in [5.41, 5.74) is 0. The van der Waals surface area contributed by atoms with E-state index >= 15 is 0 Å². The summed E-state index contributed by atoms with van der Waals surface area (Å²) in [5.74, 6) is 0.925. The van der Waals surface area contributed by atoms with E-state index in [1.165, 1.54) is 77.0 Å². The number of hydrogen-bond donors (Lipinski definition) is 1. The monoisotopic (exact) mass is 398 g/mol. The Kier molecular flexibility index (Phi) is 35.5. The third-order valence-corrected chi connectivity index (χ3v) is 3.91. The second-order valence-corrected chi connectivity index (χ2v) is 7.17. The van der Waals surface area contributed by atoms with Gasteiger partial charge < -0.3 is 14.2 Å². The van der Waals surface area contributed by atoms with E-state index in [0.717, 1.165) is 12.3 Å². The molecule has 25 heavy (non-hydrogen) atoms. The summed E-state index contributed by atoms with van der Waals surface area (Å²) >= 11 is 0. The van der Waals surface area contributed by atoms with Gasteiger partial charge >= 0.3 is 59.1 Å². The summed E-state index contributed by atoms with van der Waals surface area (Å²) in [6.45, 7) is 5.07. The summed E-state index contributed by atoms with van der Waals surface area (Å²) in [5, 5.41) is 8.69. The minimum absolute atomic E-state index is 0. The third kappa shape index (κ3) is 46.1. The minimum Gasteiger partial charge on any atom is -0.759 e. The molecule has 0 spiro atoms. The number of unbranched alkanes of at least 4 members (excludes halogenated alkanes) is 9.